The predicted octanol–water partition coefficient (Wildman–Crippen LogP) is 0.0112. The van der Waals surface area contributed by atoms with Crippen molar-refractivity contribution in [1.29, 1.82) is 0 Å². The molecule has 5 nitrogen and oxygen atoms in total. The van der Waals surface area contributed by atoms with Crippen molar-refractivity contribution in [2.45, 2.75) is 13.5 Å². The van der Waals surface area contributed by atoms with Crippen LogP contribution in [0.3, 0.4) is 0 Å². The lowest BCUT2D eigenvalue weighted by atomic mass is 10.1. The van der Waals surface area contributed by atoms with Crippen LogP contribution in [0.1, 0.15) is 22.8 Å². The highest BCUT2D eigenvalue weighted by atomic mass is 16.2. The summed E-state index contributed by atoms with van der Waals surface area (Å²) in [6, 6.07) is 7.02. The molecule has 5 heteroatoms. The quantitative estimate of drug-likeness (QED) is 0.649. The molecule has 0 fully saturated rings. The van der Waals surface area contributed by atoms with Crippen LogP contribution in [0.15, 0.2) is 24.3 Å². The lowest BCUT2D eigenvalue weighted by Gasteiger charge is -2.06. The smallest absolute Gasteiger partial charge is 0.248 e. The zero-order valence-electron chi connectivity index (χ0n) is 9.82. The summed E-state index contributed by atoms with van der Waals surface area (Å²) in [5, 5.41) is 5.67. The lowest BCUT2D eigenvalue weighted by molar-refractivity contribution is -0.120. The van der Waals surface area contributed by atoms with E-state index in [-0.39, 0.29) is 12.5 Å². The minimum Gasteiger partial charge on any atom is -0.366 e. The molecule has 0 aliphatic carbocycles. The summed E-state index contributed by atoms with van der Waals surface area (Å²) in [6.45, 7) is 3.28. The van der Waals surface area contributed by atoms with Crippen LogP contribution >= 0.6 is 0 Å². The van der Waals surface area contributed by atoms with Crippen LogP contribution in [0.2, 0.25) is 0 Å². The molecule has 0 radical (unpaired) electrons. The molecule has 0 aliphatic rings. The molecule has 2 amide bonds. The minimum absolute atomic E-state index is 0.0430. The molecule has 0 bridgehead atoms. The van der Waals surface area contributed by atoms with Gasteiger partial charge in [0.2, 0.25) is 11.8 Å². The van der Waals surface area contributed by atoms with Crippen molar-refractivity contribution < 1.29 is 9.59 Å². The number of nitrogens with two attached hydrogens (primary N) is 1. The van der Waals surface area contributed by atoms with Crippen molar-refractivity contribution in [2.24, 2.45) is 5.73 Å². The second kappa shape index (κ2) is 6.65. The highest BCUT2D eigenvalue weighted by Crippen LogP contribution is 2.04. The molecule has 0 aliphatic heterocycles. The number of carbonyl (C=O) groups is 2. The second-order valence-corrected chi connectivity index (χ2v) is 3.62. The number of primary amides is 1. The van der Waals surface area contributed by atoms with Crippen LogP contribution in [-0.2, 0) is 11.3 Å². The fourth-order valence-electron chi connectivity index (χ4n) is 1.41. The highest BCUT2D eigenvalue weighted by Gasteiger charge is 2.02. The Labute approximate surface area is 100 Å². The van der Waals surface area contributed by atoms with Gasteiger partial charge in [-0.2, -0.15) is 0 Å². The van der Waals surface area contributed by atoms with E-state index in [1.54, 1.807) is 18.2 Å². The molecule has 0 saturated carbocycles. The summed E-state index contributed by atoms with van der Waals surface area (Å²) in [6.07, 6.45) is 0. The fourth-order valence-corrected chi connectivity index (χ4v) is 1.41. The molecule has 1 aromatic carbocycles. The van der Waals surface area contributed by atoms with Crippen LogP contribution in [0.4, 0.5) is 0 Å². The number of nitrogens with one attached hydrogen (secondary N) is 2. The molecule has 0 saturated heterocycles. The van der Waals surface area contributed by atoms with Gasteiger partial charge >= 0.3 is 0 Å². The third kappa shape index (κ3) is 4.65. The van der Waals surface area contributed by atoms with Crippen molar-refractivity contribution >= 4 is 11.8 Å². The number of carbonyl (C=O) groups excluding carboxylic acids is 2. The Morgan fingerprint density at radius 1 is 1.35 bits per heavy atom. The van der Waals surface area contributed by atoms with Gasteiger partial charge in [-0.15, -0.1) is 0 Å². The predicted molar refractivity (Wildman–Crippen MR) is 65.4 cm³/mol. The second-order valence-electron chi connectivity index (χ2n) is 3.62. The summed E-state index contributed by atoms with van der Waals surface area (Å²) in [4.78, 5) is 22.1. The Kier molecular flexibility index (Phi) is 5.16. The van der Waals surface area contributed by atoms with E-state index in [1.165, 1.54) is 0 Å². The van der Waals surface area contributed by atoms with E-state index < -0.39 is 5.91 Å². The Balaban J connectivity index is 2.44. The van der Waals surface area contributed by atoms with Gasteiger partial charge in [0.15, 0.2) is 0 Å². The maximum absolute atomic E-state index is 11.2. The topological polar surface area (TPSA) is 84.2 Å². The zero-order chi connectivity index (χ0) is 12.7. The first-order valence-corrected chi connectivity index (χ1v) is 5.49. The Morgan fingerprint density at radius 2 is 2.12 bits per heavy atom. The average molecular weight is 235 g/mol. The Bertz CT molecular complexity index is 404. The molecule has 0 aromatic heterocycles. The van der Waals surface area contributed by atoms with E-state index in [0.29, 0.717) is 18.7 Å². The molecule has 1 aromatic rings. The SMILES string of the molecule is CCNC(=O)CNCc1cccc(C(N)=O)c1. The molecule has 0 unspecified atom stereocenters. The van der Waals surface area contributed by atoms with Crippen molar-refractivity contribution in [2.75, 3.05) is 13.1 Å². The molecular weight excluding hydrogens is 218 g/mol. The van der Waals surface area contributed by atoms with Crippen LogP contribution in [-0.4, -0.2) is 24.9 Å². The van der Waals surface area contributed by atoms with Crippen molar-refractivity contribution in [1.82, 2.24) is 10.6 Å². The summed E-state index contributed by atoms with van der Waals surface area (Å²) < 4.78 is 0. The first-order chi connectivity index (χ1) is 8.13. The normalized spacial score (nSPS) is 9.94. The first kappa shape index (κ1) is 13.2. The van der Waals surface area contributed by atoms with Gasteiger partial charge in [-0.3, -0.25) is 9.59 Å². The van der Waals surface area contributed by atoms with Gasteiger partial charge < -0.3 is 16.4 Å². The number of benzene rings is 1. The Morgan fingerprint density at radius 3 is 2.76 bits per heavy atom. The highest BCUT2D eigenvalue weighted by molar-refractivity contribution is 5.92. The summed E-state index contributed by atoms with van der Waals surface area (Å²) in [5.41, 5.74) is 6.57. The molecule has 1 rings (SSSR count). The van der Waals surface area contributed by atoms with Gasteiger partial charge in [-0.1, -0.05) is 12.1 Å². The molecule has 0 heterocycles. The maximum atomic E-state index is 11.2. The molecule has 17 heavy (non-hydrogen) atoms. The zero-order valence-corrected chi connectivity index (χ0v) is 9.82. The number of hydrogen-bond donors (Lipinski definition) is 3. The average Bonchev–Trinajstić information content (AvgIpc) is 2.30. The largest absolute Gasteiger partial charge is 0.366 e. The molecule has 4 N–H and O–H groups in total. The lowest BCUT2D eigenvalue weighted by Crippen LogP contribution is -2.33. The van der Waals surface area contributed by atoms with Crippen LogP contribution in [0, 0.1) is 0 Å². The van der Waals surface area contributed by atoms with Crippen molar-refractivity contribution in [3.8, 4) is 0 Å². The van der Waals surface area contributed by atoms with Crippen LogP contribution < -0.4 is 16.4 Å². The van der Waals surface area contributed by atoms with E-state index in [0.717, 1.165) is 5.56 Å². The van der Waals surface area contributed by atoms with Crippen molar-refractivity contribution in [3.63, 3.8) is 0 Å². The monoisotopic (exact) mass is 235 g/mol. The number of hydrogen-bond acceptors (Lipinski definition) is 3. The van der Waals surface area contributed by atoms with Crippen molar-refractivity contribution in [3.05, 3.63) is 35.4 Å². The van der Waals surface area contributed by atoms with Crippen LogP contribution in [0.5, 0.6) is 0 Å². The van der Waals surface area contributed by atoms with Gasteiger partial charge in [0, 0.05) is 18.7 Å². The third-order valence-electron chi connectivity index (χ3n) is 2.20. The van der Waals surface area contributed by atoms with Gasteiger partial charge in [0.25, 0.3) is 0 Å². The standard InChI is InChI=1S/C12H17N3O2/c1-2-15-11(16)8-14-7-9-4-3-5-10(6-9)12(13)17/h3-6,14H,2,7-8H2,1H3,(H2,13,17)(H,15,16). The van der Waals surface area contributed by atoms with Gasteiger partial charge in [-0.25, -0.2) is 0 Å². The van der Waals surface area contributed by atoms with E-state index >= 15 is 0 Å². The summed E-state index contributed by atoms with van der Waals surface area (Å²) in [7, 11) is 0. The van der Waals surface area contributed by atoms with Crippen LogP contribution in [0.25, 0.3) is 0 Å². The van der Waals surface area contributed by atoms with Gasteiger partial charge in [-0.05, 0) is 24.6 Å². The fraction of sp³-hybridized carbons (Fsp3) is 0.333. The number of likely N-dealkylation sites (N-methyl/N-ethyl adjacent to an activating group) is 1. The first-order valence-electron chi connectivity index (χ1n) is 5.49. The van der Waals surface area contributed by atoms with Gasteiger partial charge in [0.1, 0.15) is 0 Å². The molecule has 0 spiro atoms. The minimum atomic E-state index is -0.449. The molecule has 92 valence electrons. The maximum Gasteiger partial charge on any atom is 0.248 e. The van der Waals surface area contributed by atoms with E-state index in [9.17, 15) is 9.59 Å². The molecular formula is C12H17N3O2. The van der Waals surface area contributed by atoms with E-state index in [1.807, 2.05) is 13.0 Å². The number of rotatable bonds is 6. The third-order valence-corrected chi connectivity index (χ3v) is 2.20. The summed E-state index contributed by atoms with van der Waals surface area (Å²) >= 11 is 0. The van der Waals surface area contributed by atoms with Gasteiger partial charge in [0.05, 0.1) is 6.54 Å². The van der Waals surface area contributed by atoms with E-state index in [4.69, 9.17) is 5.73 Å². The summed E-state index contributed by atoms with van der Waals surface area (Å²) in [5.74, 6) is -0.492. The molecule has 0 atom stereocenters. The van der Waals surface area contributed by atoms with E-state index in [2.05, 4.69) is 10.6 Å². The number of amides is 2. The Hall–Kier alpha value is -1.88.